The molecule has 1 aromatic rings. The van der Waals surface area contributed by atoms with E-state index in [2.05, 4.69) is 6.92 Å². The second-order valence-electron chi connectivity index (χ2n) is 4.58. The normalized spacial score (nSPS) is 23.2. The molecule has 0 aromatic heterocycles. The Hall–Kier alpha value is -1.09. The molecule has 16 heavy (non-hydrogen) atoms. The van der Waals surface area contributed by atoms with Crippen molar-refractivity contribution < 1.29 is 9.13 Å². The third-order valence-electron chi connectivity index (χ3n) is 3.25. The molecule has 1 aliphatic carbocycles. The van der Waals surface area contributed by atoms with Crippen molar-refractivity contribution in [1.82, 2.24) is 0 Å². The summed E-state index contributed by atoms with van der Waals surface area (Å²) in [5.74, 6) is 1.63. The number of benzene rings is 1. The van der Waals surface area contributed by atoms with Crippen molar-refractivity contribution in [2.75, 3.05) is 6.61 Å². The van der Waals surface area contributed by atoms with Crippen LogP contribution in [0.3, 0.4) is 0 Å². The number of nitrogens with two attached hydrogens (primary N) is 1. The number of rotatable bonds is 5. The van der Waals surface area contributed by atoms with Gasteiger partial charge >= 0.3 is 0 Å². The Morgan fingerprint density at radius 1 is 1.50 bits per heavy atom. The molecule has 2 N–H and O–H groups in total. The summed E-state index contributed by atoms with van der Waals surface area (Å²) in [6, 6.07) is 4.79. The Balaban J connectivity index is 1.87. The van der Waals surface area contributed by atoms with Gasteiger partial charge in [0.25, 0.3) is 0 Å². The van der Waals surface area contributed by atoms with Gasteiger partial charge in [0, 0.05) is 6.54 Å². The van der Waals surface area contributed by atoms with Gasteiger partial charge in [-0.05, 0) is 42.4 Å². The van der Waals surface area contributed by atoms with Crippen molar-refractivity contribution in [2.24, 2.45) is 17.6 Å². The topological polar surface area (TPSA) is 35.2 Å². The number of hydrogen-bond donors (Lipinski definition) is 1. The molecule has 0 bridgehead atoms. The van der Waals surface area contributed by atoms with Crippen LogP contribution in [0.4, 0.5) is 4.39 Å². The Morgan fingerprint density at radius 3 is 2.88 bits per heavy atom. The van der Waals surface area contributed by atoms with Crippen LogP contribution >= 0.6 is 0 Å². The minimum Gasteiger partial charge on any atom is -0.490 e. The van der Waals surface area contributed by atoms with Crippen LogP contribution < -0.4 is 10.5 Å². The summed E-state index contributed by atoms with van der Waals surface area (Å²) in [7, 11) is 0. The first kappa shape index (κ1) is 11.4. The van der Waals surface area contributed by atoms with Crippen LogP contribution in [0, 0.1) is 17.7 Å². The van der Waals surface area contributed by atoms with Crippen LogP contribution in [0.1, 0.15) is 25.3 Å². The van der Waals surface area contributed by atoms with Gasteiger partial charge in [0.1, 0.15) is 0 Å². The molecule has 1 aliphatic rings. The molecule has 0 aliphatic heterocycles. The second kappa shape index (κ2) is 4.83. The fourth-order valence-electron chi connectivity index (χ4n) is 1.91. The summed E-state index contributed by atoms with van der Waals surface area (Å²) in [6.07, 6.45) is 2.31. The summed E-state index contributed by atoms with van der Waals surface area (Å²) >= 11 is 0. The first-order chi connectivity index (χ1) is 7.70. The average Bonchev–Trinajstić information content (AvgIpc) is 2.97. The highest BCUT2D eigenvalue weighted by Gasteiger charge is 2.31. The van der Waals surface area contributed by atoms with E-state index in [1.165, 1.54) is 12.5 Å². The Labute approximate surface area is 95.6 Å². The van der Waals surface area contributed by atoms with E-state index in [1.54, 1.807) is 12.1 Å². The van der Waals surface area contributed by atoms with Crippen LogP contribution in [0.2, 0.25) is 0 Å². The van der Waals surface area contributed by atoms with Crippen molar-refractivity contribution in [3.8, 4) is 5.75 Å². The molecule has 0 radical (unpaired) electrons. The molecule has 88 valence electrons. The van der Waals surface area contributed by atoms with Gasteiger partial charge in [-0.3, -0.25) is 0 Å². The summed E-state index contributed by atoms with van der Waals surface area (Å²) in [5, 5.41) is 0. The summed E-state index contributed by atoms with van der Waals surface area (Å²) in [5.41, 5.74) is 6.40. The van der Waals surface area contributed by atoms with E-state index in [9.17, 15) is 4.39 Å². The van der Waals surface area contributed by atoms with E-state index in [1.807, 2.05) is 0 Å². The maximum absolute atomic E-state index is 13.4. The predicted octanol–water partition coefficient (Wildman–Crippen LogP) is 2.71. The maximum Gasteiger partial charge on any atom is 0.165 e. The Morgan fingerprint density at radius 2 is 2.25 bits per heavy atom. The number of hydrogen-bond acceptors (Lipinski definition) is 2. The molecule has 3 heteroatoms. The van der Waals surface area contributed by atoms with Crippen LogP contribution in [0.25, 0.3) is 0 Å². The van der Waals surface area contributed by atoms with E-state index >= 15 is 0 Å². The van der Waals surface area contributed by atoms with Crippen LogP contribution in [-0.2, 0) is 6.54 Å². The van der Waals surface area contributed by atoms with Gasteiger partial charge in [-0.15, -0.1) is 0 Å². The van der Waals surface area contributed by atoms with Gasteiger partial charge in [0.2, 0.25) is 0 Å². The number of ether oxygens (including phenoxy) is 1. The quantitative estimate of drug-likeness (QED) is 0.833. The first-order valence-corrected chi connectivity index (χ1v) is 5.82. The van der Waals surface area contributed by atoms with Crippen molar-refractivity contribution in [2.45, 2.75) is 26.3 Å². The fraction of sp³-hybridized carbons (Fsp3) is 0.538. The van der Waals surface area contributed by atoms with Crippen molar-refractivity contribution >= 4 is 0 Å². The van der Waals surface area contributed by atoms with Crippen LogP contribution in [0.15, 0.2) is 18.2 Å². The highest BCUT2D eigenvalue weighted by Crippen LogP contribution is 2.40. The zero-order valence-corrected chi connectivity index (χ0v) is 9.58. The molecular formula is C13H18FNO. The Bertz CT molecular complexity index is 367. The lowest BCUT2D eigenvalue weighted by Gasteiger charge is -2.08. The van der Waals surface area contributed by atoms with Crippen LogP contribution in [-0.4, -0.2) is 6.61 Å². The molecule has 0 spiro atoms. The van der Waals surface area contributed by atoms with Gasteiger partial charge in [-0.1, -0.05) is 13.0 Å². The molecule has 0 saturated heterocycles. The lowest BCUT2D eigenvalue weighted by atomic mass is 10.2. The first-order valence-electron chi connectivity index (χ1n) is 5.82. The third kappa shape index (κ3) is 2.73. The molecule has 1 saturated carbocycles. The average molecular weight is 223 g/mol. The molecule has 1 fully saturated rings. The lowest BCUT2D eigenvalue weighted by Crippen LogP contribution is -2.03. The SMILES string of the molecule is CC1CC1CCOc1cc(CN)ccc1F. The standard InChI is InChI=1S/C13H18FNO/c1-9-6-11(9)4-5-16-13-7-10(8-15)2-3-12(13)14/h2-3,7,9,11H,4-6,8,15H2,1H3. The zero-order chi connectivity index (χ0) is 11.5. The molecule has 2 rings (SSSR count). The van der Waals surface area contributed by atoms with E-state index in [0.717, 1.165) is 23.8 Å². The lowest BCUT2D eigenvalue weighted by molar-refractivity contribution is 0.285. The van der Waals surface area contributed by atoms with Gasteiger partial charge in [0.05, 0.1) is 6.61 Å². The minimum absolute atomic E-state index is 0.305. The molecule has 1 aromatic carbocycles. The summed E-state index contributed by atoms with van der Waals surface area (Å²) in [6.45, 7) is 3.25. The third-order valence-corrected chi connectivity index (χ3v) is 3.25. The van der Waals surface area contributed by atoms with Gasteiger partial charge in [0.15, 0.2) is 11.6 Å². The largest absolute Gasteiger partial charge is 0.490 e. The van der Waals surface area contributed by atoms with E-state index < -0.39 is 0 Å². The smallest absolute Gasteiger partial charge is 0.165 e. The second-order valence-corrected chi connectivity index (χ2v) is 4.58. The van der Waals surface area contributed by atoms with Gasteiger partial charge in [-0.25, -0.2) is 4.39 Å². The van der Waals surface area contributed by atoms with Crippen molar-refractivity contribution in [3.63, 3.8) is 0 Å². The maximum atomic E-state index is 13.4. The van der Waals surface area contributed by atoms with E-state index in [-0.39, 0.29) is 5.82 Å². The van der Waals surface area contributed by atoms with Crippen LogP contribution in [0.5, 0.6) is 5.75 Å². The highest BCUT2D eigenvalue weighted by molar-refractivity contribution is 5.30. The molecular weight excluding hydrogens is 205 g/mol. The fourth-order valence-corrected chi connectivity index (χ4v) is 1.91. The monoisotopic (exact) mass is 223 g/mol. The predicted molar refractivity (Wildman–Crippen MR) is 61.7 cm³/mol. The van der Waals surface area contributed by atoms with Gasteiger partial charge < -0.3 is 10.5 Å². The number of halogens is 1. The summed E-state index contributed by atoms with van der Waals surface area (Å²) in [4.78, 5) is 0. The van der Waals surface area contributed by atoms with E-state index in [4.69, 9.17) is 10.5 Å². The Kier molecular flexibility index (Phi) is 3.44. The molecule has 2 atom stereocenters. The molecule has 0 amide bonds. The van der Waals surface area contributed by atoms with Crippen molar-refractivity contribution in [3.05, 3.63) is 29.6 Å². The molecule has 2 unspecified atom stereocenters. The molecule has 0 heterocycles. The summed E-state index contributed by atoms with van der Waals surface area (Å²) < 4.78 is 18.8. The van der Waals surface area contributed by atoms with Crippen molar-refractivity contribution in [1.29, 1.82) is 0 Å². The highest BCUT2D eigenvalue weighted by atomic mass is 19.1. The minimum atomic E-state index is -0.305. The zero-order valence-electron chi connectivity index (χ0n) is 9.58. The van der Waals surface area contributed by atoms with Gasteiger partial charge in [-0.2, -0.15) is 0 Å². The molecule has 2 nitrogen and oxygen atoms in total. The van der Waals surface area contributed by atoms with E-state index in [0.29, 0.717) is 18.9 Å².